The first kappa shape index (κ1) is 15.3. The van der Waals surface area contributed by atoms with Gasteiger partial charge in [-0.25, -0.2) is 0 Å². The highest BCUT2D eigenvalue weighted by Crippen LogP contribution is 2.31. The maximum atomic E-state index is 12.7. The number of likely N-dealkylation sites (tertiary alicyclic amines) is 2. The van der Waals surface area contributed by atoms with Crippen LogP contribution in [0.2, 0.25) is 5.02 Å². The van der Waals surface area contributed by atoms with Crippen LogP contribution in [-0.2, 0) is 0 Å². The van der Waals surface area contributed by atoms with Gasteiger partial charge in [0.05, 0.1) is 5.02 Å². The SMILES string of the molecule is CN1CCCC2CN(C(=O)c3ccc(Cl)c(Br)c3)CCC21. The van der Waals surface area contributed by atoms with Gasteiger partial charge in [0.1, 0.15) is 0 Å². The van der Waals surface area contributed by atoms with Gasteiger partial charge >= 0.3 is 0 Å². The van der Waals surface area contributed by atoms with Crippen LogP contribution in [0.5, 0.6) is 0 Å². The normalized spacial score (nSPS) is 26.5. The van der Waals surface area contributed by atoms with Crippen LogP contribution in [0.15, 0.2) is 22.7 Å². The van der Waals surface area contributed by atoms with Crippen LogP contribution in [0.1, 0.15) is 29.6 Å². The van der Waals surface area contributed by atoms with Crippen molar-refractivity contribution in [2.75, 3.05) is 26.7 Å². The van der Waals surface area contributed by atoms with E-state index >= 15 is 0 Å². The lowest BCUT2D eigenvalue weighted by molar-refractivity contribution is 0.0317. The van der Waals surface area contributed by atoms with Gasteiger partial charge in [-0.05, 0) is 72.9 Å². The Morgan fingerprint density at radius 3 is 2.90 bits per heavy atom. The average molecular weight is 372 g/mol. The fourth-order valence-electron chi connectivity index (χ4n) is 3.65. The Kier molecular flexibility index (Phi) is 4.57. The Bertz CT molecular complexity index is 551. The number of amides is 1. The average Bonchev–Trinajstić information content (AvgIpc) is 2.49. The van der Waals surface area contributed by atoms with Gasteiger partial charge in [0.2, 0.25) is 0 Å². The highest BCUT2D eigenvalue weighted by Gasteiger charge is 2.35. The zero-order valence-electron chi connectivity index (χ0n) is 12.2. The van der Waals surface area contributed by atoms with Gasteiger partial charge in [0.15, 0.2) is 0 Å². The number of rotatable bonds is 1. The molecule has 0 spiro atoms. The summed E-state index contributed by atoms with van der Waals surface area (Å²) in [6.07, 6.45) is 3.57. The quantitative estimate of drug-likeness (QED) is 0.752. The summed E-state index contributed by atoms with van der Waals surface area (Å²) in [5.74, 6) is 0.747. The van der Waals surface area contributed by atoms with Crippen LogP contribution in [0, 0.1) is 5.92 Å². The molecule has 114 valence electrons. The molecule has 3 nitrogen and oxygen atoms in total. The number of carbonyl (C=O) groups excluding carboxylic acids is 1. The number of hydrogen-bond acceptors (Lipinski definition) is 2. The van der Waals surface area contributed by atoms with E-state index in [-0.39, 0.29) is 5.91 Å². The molecule has 2 aliphatic rings. The molecule has 0 bridgehead atoms. The number of piperidine rings is 2. The molecular formula is C16H20BrClN2O. The third kappa shape index (κ3) is 3.13. The van der Waals surface area contributed by atoms with E-state index in [1.807, 2.05) is 17.0 Å². The second-order valence-corrected chi connectivity index (χ2v) is 7.38. The van der Waals surface area contributed by atoms with Crippen molar-refractivity contribution in [2.45, 2.75) is 25.3 Å². The summed E-state index contributed by atoms with van der Waals surface area (Å²) in [4.78, 5) is 17.1. The molecule has 1 amide bonds. The van der Waals surface area contributed by atoms with Crippen LogP contribution in [0.4, 0.5) is 0 Å². The number of carbonyl (C=O) groups is 1. The summed E-state index contributed by atoms with van der Waals surface area (Å²) < 4.78 is 0.780. The van der Waals surface area contributed by atoms with E-state index in [0.29, 0.717) is 22.5 Å². The maximum absolute atomic E-state index is 12.7. The molecule has 2 atom stereocenters. The molecule has 2 saturated heterocycles. The predicted molar refractivity (Wildman–Crippen MR) is 88.8 cm³/mol. The van der Waals surface area contributed by atoms with Crippen LogP contribution in [0.25, 0.3) is 0 Å². The van der Waals surface area contributed by atoms with Crippen molar-refractivity contribution in [1.29, 1.82) is 0 Å². The van der Waals surface area contributed by atoms with Crippen LogP contribution in [-0.4, -0.2) is 48.4 Å². The Morgan fingerprint density at radius 2 is 2.14 bits per heavy atom. The van der Waals surface area contributed by atoms with E-state index in [0.717, 1.165) is 24.0 Å². The second-order valence-electron chi connectivity index (χ2n) is 6.12. The van der Waals surface area contributed by atoms with Gasteiger partial charge < -0.3 is 9.80 Å². The van der Waals surface area contributed by atoms with Gasteiger partial charge in [-0.1, -0.05) is 11.6 Å². The third-order valence-corrected chi connectivity index (χ3v) is 6.01. The summed E-state index contributed by atoms with van der Waals surface area (Å²) in [7, 11) is 2.21. The minimum Gasteiger partial charge on any atom is -0.338 e. The minimum atomic E-state index is 0.124. The van der Waals surface area contributed by atoms with Crippen LogP contribution < -0.4 is 0 Å². The Hall–Kier alpha value is -0.580. The summed E-state index contributed by atoms with van der Waals surface area (Å²) in [5.41, 5.74) is 0.717. The fraction of sp³-hybridized carbons (Fsp3) is 0.562. The lowest BCUT2D eigenvalue weighted by Gasteiger charge is -2.46. The van der Waals surface area contributed by atoms with E-state index in [1.54, 1.807) is 6.07 Å². The molecule has 5 heteroatoms. The van der Waals surface area contributed by atoms with E-state index in [2.05, 4.69) is 27.9 Å². The Balaban J connectivity index is 1.72. The molecular weight excluding hydrogens is 352 g/mol. The topological polar surface area (TPSA) is 23.6 Å². The lowest BCUT2D eigenvalue weighted by atomic mass is 9.84. The summed E-state index contributed by atoms with van der Waals surface area (Å²) >= 11 is 9.39. The zero-order chi connectivity index (χ0) is 15.0. The molecule has 0 N–H and O–H groups in total. The number of halogens is 2. The van der Waals surface area contributed by atoms with E-state index in [4.69, 9.17) is 11.6 Å². The maximum Gasteiger partial charge on any atom is 0.253 e. The summed E-state index contributed by atoms with van der Waals surface area (Å²) in [6, 6.07) is 6.07. The molecule has 3 rings (SSSR count). The molecule has 1 aromatic rings. The highest BCUT2D eigenvalue weighted by molar-refractivity contribution is 9.10. The number of fused-ring (bicyclic) bond motifs is 1. The monoisotopic (exact) mass is 370 g/mol. The number of benzene rings is 1. The van der Waals surface area contributed by atoms with Crippen molar-refractivity contribution < 1.29 is 4.79 Å². The van der Waals surface area contributed by atoms with E-state index in [9.17, 15) is 4.79 Å². The third-order valence-electron chi connectivity index (χ3n) is 4.80. The lowest BCUT2D eigenvalue weighted by Crippen LogP contribution is -2.53. The highest BCUT2D eigenvalue weighted by atomic mass is 79.9. The molecule has 2 heterocycles. The van der Waals surface area contributed by atoms with Crippen molar-refractivity contribution in [1.82, 2.24) is 9.80 Å². The Morgan fingerprint density at radius 1 is 1.33 bits per heavy atom. The standard InChI is InChI=1S/C16H20BrClN2O/c1-19-7-2-3-12-10-20(8-6-15(12)19)16(21)11-4-5-14(18)13(17)9-11/h4-5,9,12,15H,2-3,6-8,10H2,1H3. The molecule has 0 aliphatic carbocycles. The van der Waals surface area contributed by atoms with E-state index < -0.39 is 0 Å². The predicted octanol–water partition coefficient (Wildman–Crippen LogP) is 3.66. The van der Waals surface area contributed by atoms with Gasteiger partial charge in [-0.15, -0.1) is 0 Å². The van der Waals surface area contributed by atoms with Crippen LogP contribution >= 0.6 is 27.5 Å². The van der Waals surface area contributed by atoms with Crippen molar-refractivity contribution >= 4 is 33.4 Å². The van der Waals surface area contributed by atoms with Gasteiger partial charge in [-0.3, -0.25) is 4.79 Å². The molecule has 2 aliphatic heterocycles. The molecule has 0 radical (unpaired) electrons. The van der Waals surface area contributed by atoms with Gasteiger partial charge in [-0.2, -0.15) is 0 Å². The fourth-order valence-corrected chi connectivity index (χ4v) is 4.15. The zero-order valence-corrected chi connectivity index (χ0v) is 14.5. The first-order valence-electron chi connectivity index (χ1n) is 7.51. The first-order valence-corrected chi connectivity index (χ1v) is 8.68. The molecule has 2 fully saturated rings. The van der Waals surface area contributed by atoms with Gasteiger partial charge in [0.25, 0.3) is 5.91 Å². The van der Waals surface area contributed by atoms with Gasteiger partial charge in [0, 0.05) is 29.2 Å². The first-order chi connectivity index (χ1) is 10.1. The second kappa shape index (κ2) is 6.27. The smallest absolute Gasteiger partial charge is 0.253 e. The van der Waals surface area contributed by atoms with Crippen molar-refractivity contribution in [3.8, 4) is 0 Å². The van der Waals surface area contributed by atoms with Crippen molar-refractivity contribution in [2.24, 2.45) is 5.92 Å². The van der Waals surface area contributed by atoms with Crippen molar-refractivity contribution in [3.05, 3.63) is 33.3 Å². The molecule has 1 aromatic carbocycles. The van der Waals surface area contributed by atoms with Crippen LogP contribution in [0.3, 0.4) is 0 Å². The summed E-state index contributed by atoms with van der Waals surface area (Å²) in [5, 5.41) is 0.638. The molecule has 2 unspecified atom stereocenters. The van der Waals surface area contributed by atoms with Crippen molar-refractivity contribution in [3.63, 3.8) is 0 Å². The molecule has 0 aromatic heterocycles. The minimum absolute atomic E-state index is 0.124. The largest absolute Gasteiger partial charge is 0.338 e. The molecule has 21 heavy (non-hydrogen) atoms. The summed E-state index contributed by atoms with van der Waals surface area (Å²) in [6.45, 7) is 2.93. The molecule has 0 saturated carbocycles. The number of nitrogens with zero attached hydrogens (tertiary/aromatic N) is 2. The van der Waals surface area contributed by atoms with E-state index in [1.165, 1.54) is 19.4 Å². The Labute approximate surface area is 139 Å². The number of hydrogen-bond donors (Lipinski definition) is 0.